The Morgan fingerprint density at radius 3 is 2.65 bits per heavy atom. The van der Waals surface area contributed by atoms with Crippen molar-refractivity contribution in [2.75, 3.05) is 6.54 Å². The van der Waals surface area contributed by atoms with Crippen molar-refractivity contribution in [1.29, 1.82) is 0 Å². The van der Waals surface area contributed by atoms with Crippen molar-refractivity contribution in [2.24, 2.45) is 0 Å². The number of rotatable bonds is 3. The van der Waals surface area contributed by atoms with Gasteiger partial charge in [0.2, 0.25) is 5.76 Å². The van der Waals surface area contributed by atoms with Crippen LogP contribution >= 0.6 is 0 Å². The fourth-order valence-electron chi connectivity index (χ4n) is 3.32. The molecule has 2 amide bonds. The maximum absolute atomic E-state index is 13.4. The van der Waals surface area contributed by atoms with E-state index in [0.717, 1.165) is 19.1 Å². The molecule has 164 valence electrons. The third-order valence-corrected chi connectivity index (χ3v) is 5.06. The van der Waals surface area contributed by atoms with Gasteiger partial charge in [0, 0.05) is 35.5 Å². The van der Waals surface area contributed by atoms with Crippen molar-refractivity contribution in [2.45, 2.75) is 32.1 Å². The molecule has 0 bridgehead atoms. The zero-order chi connectivity index (χ0) is 22.5. The Morgan fingerprint density at radius 2 is 1.94 bits per heavy atom. The van der Waals surface area contributed by atoms with Gasteiger partial charge in [0.25, 0.3) is 11.8 Å². The van der Waals surface area contributed by atoms with Gasteiger partial charge in [-0.15, -0.1) is 0 Å². The molecule has 0 unspecified atom stereocenters. The summed E-state index contributed by atoms with van der Waals surface area (Å²) in [4.78, 5) is 29.2. The van der Waals surface area contributed by atoms with Gasteiger partial charge in [-0.3, -0.25) is 9.59 Å². The van der Waals surface area contributed by atoms with Crippen LogP contribution < -0.4 is 5.32 Å². The van der Waals surface area contributed by atoms with E-state index in [-0.39, 0.29) is 36.3 Å². The van der Waals surface area contributed by atoms with Crippen molar-refractivity contribution in [3.8, 4) is 0 Å². The normalized spacial score (nSPS) is 15.1. The van der Waals surface area contributed by atoms with Gasteiger partial charge in [-0.1, -0.05) is 5.16 Å². The van der Waals surface area contributed by atoms with Crippen molar-refractivity contribution in [3.05, 3.63) is 52.5 Å². The first-order valence-corrected chi connectivity index (χ1v) is 9.16. The quantitative estimate of drug-likeness (QED) is 0.609. The summed E-state index contributed by atoms with van der Waals surface area (Å²) in [7, 11) is 0. The van der Waals surface area contributed by atoms with Gasteiger partial charge in [-0.25, -0.2) is 8.78 Å². The van der Waals surface area contributed by atoms with E-state index in [1.54, 1.807) is 5.32 Å². The lowest BCUT2D eigenvalue weighted by Crippen LogP contribution is -2.43. The van der Waals surface area contributed by atoms with Gasteiger partial charge < -0.3 is 19.7 Å². The molecule has 2 aromatic heterocycles. The molecule has 1 atom stereocenters. The molecule has 3 heterocycles. The molecule has 0 saturated carbocycles. The number of fused-ring (bicyclic) bond motifs is 2. The molecule has 0 spiro atoms. The highest BCUT2D eigenvalue weighted by molar-refractivity contribution is 5.98. The van der Waals surface area contributed by atoms with Crippen LogP contribution in [0.1, 0.15) is 39.2 Å². The van der Waals surface area contributed by atoms with Gasteiger partial charge in [0.15, 0.2) is 11.6 Å². The highest BCUT2D eigenvalue weighted by Gasteiger charge is 2.39. The second kappa shape index (κ2) is 7.36. The van der Waals surface area contributed by atoms with Crippen LogP contribution in [-0.4, -0.2) is 45.6 Å². The second-order valence-electron chi connectivity index (χ2n) is 7.19. The molecule has 2 N–H and O–H groups in total. The highest BCUT2D eigenvalue weighted by atomic mass is 19.4. The zero-order valence-electron chi connectivity index (χ0n) is 15.9. The lowest BCUT2D eigenvalue weighted by atomic mass is 10.0. The number of carbonyl (C=O) groups excluding carboxylic acids is 2. The van der Waals surface area contributed by atoms with Crippen LogP contribution in [0.3, 0.4) is 0 Å². The van der Waals surface area contributed by atoms with Crippen LogP contribution in [0.5, 0.6) is 0 Å². The monoisotopic (exact) mass is 442 g/mol. The van der Waals surface area contributed by atoms with Crippen molar-refractivity contribution >= 4 is 22.7 Å². The molecule has 1 aliphatic heterocycles. The number of halogens is 5. The largest absolute Gasteiger partial charge is 0.408 e. The summed E-state index contributed by atoms with van der Waals surface area (Å²) in [5, 5.41) is 5.82. The van der Waals surface area contributed by atoms with E-state index in [1.165, 1.54) is 11.0 Å². The number of alkyl halides is 3. The van der Waals surface area contributed by atoms with E-state index < -0.39 is 41.4 Å². The van der Waals surface area contributed by atoms with Crippen LogP contribution in [0.25, 0.3) is 10.9 Å². The SMILES string of the molecule is C[C@@H](NC(=O)c1onc2c1CN(C(=O)c1cc3cc(F)c(F)cc3[nH]1)CC2)C(F)(F)F. The van der Waals surface area contributed by atoms with Gasteiger partial charge in [0.05, 0.1) is 12.2 Å². The Balaban J connectivity index is 1.55. The average molecular weight is 442 g/mol. The maximum atomic E-state index is 13.4. The number of nitrogens with zero attached hydrogens (tertiary/aromatic N) is 2. The average Bonchev–Trinajstić information content (AvgIpc) is 3.30. The molecule has 4 rings (SSSR count). The Hall–Kier alpha value is -3.44. The van der Waals surface area contributed by atoms with Crippen molar-refractivity contribution < 1.29 is 36.1 Å². The van der Waals surface area contributed by atoms with Crippen LogP contribution in [0.2, 0.25) is 0 Å². The molecule has 12 heteroatoms. The molecular weight excluding hydrogens is 427 g/mol. The Kier molecular flexibility index (Phi) is 4.94. The summed E-state index contributed by atoms with van der Waals surface area (Å²) < 4.78 is 69.9. The maximum Gasteiger partial charge on any atom is 0.408 e. The number of amides is 2. The molecule has 0 radical (unpaired) electrons. The first-order valence-electron chi connectivity index (χ1n) is 9.16. The van der Waals surface area contributed by atoms with E-state index in [4.69, 9.17) is 4.52 Å². The van der Waals surface area contributed by atoms with Crippen LogP contribution in [0.4, 0.5) is 22.0 Å². The third kappa shape index (κ3) is 3.84. The first kappa shape index (κ1) is 20.8. The van der Waals surface area contributed by atoms with E-state index in [2.05, 4.69) is 10.1 Å². The van der Waals surface area contributed by atoms with Gasteiger partial charge in [0.1, 0.15) is 11.7 Å². The second-order valence-corrected chi connectivity index (χ2v) is 7.19. The van der Waals surface area contributed by atoms with E-state index in [0.29, 0.717) is 11.1 Å². The zero-order valence-corrected chi connectivity index (χ0v) is 15.9. The molecule has 0 aliphatic carbocycles. The van der Waals surface area contributed by atoms with Crippen LogP contribution in [-0.2, 0) is 13.0 Å². The van der Waals surface area contributed by atoms with Gasteiger partial charge in [-0.2, -0.15) is 13.2 Å². The fraction of sp³-hybridized carbons (Fsp3) is 0.316. The lowest BCUT2D eigenvalue weighted by molar-refractivity contribution is -0.149. The minimum absolute atomic E-state index is 0.0663. The third-order valence-electron chi connectivity index (χ3n) is 5.06. The molecule has 7 nitrogen and oxygen atoms in total. The van der Waals surface area contributed by atoms with Crippen molar-refractivity contribution in [1.82, 2.24) is 20.4 Å². The number of H-pyrrole nitrogens is 1. The highest BCUT2D eigenvalue weighted by Crippen LogP contribution is 2.26. The minimum atomic E-state index is -4.63. The fourth-order valence-corrected chi connectivity index (χ4v) is 3.32. The standard InChI is InChI=1S/C19H15F5N4O3/c1-8(19(22,23)24)25-17(29)16-10-7-28(3-2-13(10)27-31-16)18(30)15-5-9-4-11(20)12(21)6-14(9)26-15/h4-6,8,26H,2-3,7H2,1H3,(H,25,29)/t8-/m1/s1. The van der Waals surface area contributed by atoms with Gasteiger partial charge >= 0.3 is 6.18 Å². The molecular formula is C19H15F5N4O3. The Bertz CT molecular complexity index is 1140. The summed E-state index contributed by atoms with van der Waals surface area (Å²) in [5.74, 6) is -4.13. The number of nitrogens with one attached hydrogen (secondary N) is 2. The van der Waals surface area contributed by atoms with Crippen molar-refractivity contribution in [3.63, 3.8) is 0 Å². The number of hydrogen-bond donors (Lipinski definition) is 2. The summed E-state index contributed by atoms with van der Waals surface area (Å²) >= 11 is 0. The predicted octanol–water partition coefficient (Wildman–Crippen LogP) is 3.31. The smallest absolute Gasteiger partial charge is 0.350 e. The topological polar surface area (TPSA) is 91.2 Å². The number of hydrogen-bond acceptors (Lipinski definition) is 4. The van der Waals surface area contributed by atoms with Gasteiger partial charge in [-0.05, 0) is 19.1 Å². The number of carbonyl (C=O) groups is 2. The van der Waals surface area contributed by atoms with E-state index in [1.807, 2.05) is 0 Å². The molecule has 0 saturated heterocycles. The molecule has 1 aliphatic rings. The van der Waals surface area contributed by atoms with E-state index in [9.17, 15) is 31.5 Å². The molecule has 3 aromatic rings. The summed E-state index contributed by atoms with van der Waals surface area (Å²) in [6.45, 7) is 0.869. The summed E-state index contributed by atoms with van der Waals surface area (Å²) in [5.41, 5.74) is 0.872. The minimum Gasteiger partial charge on any atom is -0.350 e. The predicted molar refractivity (Wildman–Crippen MR) is 96.1 cm³/mol. The number of aromatic amines is 1. The van der Waals surface area contributed by atoms with E-state index >= 15 is 0 Å². The molecule has 1 aromatic carbocycles. The van der Waals surface area contributed by atoms with Crippen LogP contribution in [0, 0.1) is 11.6 Å². The van der Waals surface area contributed by atoms with Crippen LogP contribution in [0.15, 0.2) is 22.7 Å². The lowest BCUT2D eigenvalue weighted by Gasteiger charge is -2.26. The summed E-state index contributed by atoms with van der Waals surface area (Å²) in [6.07, 6.45) is -4.41. The number of aromatic nitrogens is 2. The Morgan fingerprint density at radius 1 is 1.23 bits per heavy atom. The molecule has 0 fully saturated rings. The molecule has 31 heavy (non-hydrogen) atoms. The number of benzene rings is 1. The summed E-state index contributed by atoms with van der Waals surface area (Å²) in [6, 6.07) is 1.15. The first-order chi connectivity index (χ1) is 14.5. The Labute approximate surface area is 171 Å².